The summed E-state index contributed by atoms with van der Waals surface area (Å²) in [6, 6.07) is 25.8. The molecule has 2 N–H and O–H groups in total. The average Bonchev–Trinajstić information content (AvgIpc) is 2.78. The molecule has 1 aromatic heterocycles. The van der Waals surface area contributed by atoms with Crippen molar-refractivity contribution in [2.75, 3.05) is 7.11 Å². The number of phenols is 2. The molecule has 0 aliphatic rings. The number of methoxy groups -OCH3 is 1. The van der Waals surface area contributed by atoms with Gasteiger partial charge in [0.1, 0.15) is 17.2 Å². The molecule has 0 amide bonds. The molecule has 0 spiro atoms. The molecule has 0 aliphatic carbocycles. The average molecular weight is 395 g/mol. The van der Waals surface area contributed by atoms with E-state index >= 15 is 0 Å². The summed E-state index contributed by atoms with van der Waals surface area (Å²) < 4.78 is 5.20. The number of nitrogens with zero attached hydrogens (tertiary/aromatic N) is 1. The van der Waals surface area contributed by atoms with Crippen molar-refractivity contribution in [1.82, 2.24) is 4.98 Å². The van der Waals surface area contributed by atoms with Crippen LogP contribution < -0.4 is 4.74 Å². The Morgan fingerprint density at radius 2 is 1.17 bits per heavy atom. The predicted molar refractivity (Wildman–Crippen MR) is 120 cm³/mol. The van der Waals surface area contributed by atoms with Crippen LogP contribution in [0.1, 0.15) is 11.1 Å². The summed E-state index contributed by atoms with van der Waals surface area (Å²) in [6.45, 7) is 0. The van der Waals surface area contributed by atoms with Crippen molar-refractivity contribution in [1.29, 1.82) is 0 Å². The molecule has 0 unspecified atom stereocenters. The number of hydrogen-bond donors (Lipinski definition) is 2. The first kappa shape index (κ1) is 19.3. The Bertz CT molecular complexity index is 1130. The Kier molecular flexibility index (Phi) is 5.48. The molecular weight excluding hydrogens is 374 g/mol. The Morgan fingerprint density at radius 3 is 1.67 bits per heavy atom. The number of benzene rings is 3. The molecular formula is C26H21NO3. The SMILES string of the molecule is COc1ccc(/C=C/c2cc(-c3ccccc3O)nc(-c3ccccc3O)c2)cc1. The van der Waals surface area contributed by atoms with Gasteiger partial charge in [-0.3, -0.25) is 0 Å². The highest BCUT2D eigenvalue weighted by atomic mass is 16.5. The fourth-order valence-electron chi connectivity index (χ4n) is 3.21. The lowest BCUT2D eigenvalue weighted by Crippen LogP contribution is -1.91. The summed E-state index contributed by atoms with van der Waals surface area (Å²) in [4.78, 5) is 4.70. The van der Waals surface area contributed by atoms with Crippen LogP contribution in [0.15, 0.2) is 84.9 Å². The lowest BCUT2D eigenvalue weighted by molar-refractivity contribution is 0.415. The van der Waals surface area contributed by atoms with Crippen molar-refractivity contribution in [2.45, 2.75) is 0 Å². The second-order valence-electron chi connectivity index (χ2n) is 6.81. The molecule has 30 heavy (non-hydrogen) atoms. The molecule has 1 heterocycles. The molecule has 0 saturated heterocycles. The third-order valence-corrected chi connectivity index (χ3v) is 4.79. The summed E-state index contributed by atoms with van der Waals surface area (Å²) in [5.41, 5.74) is 4.45. The van der Waals surface area contributed by atoms with Crippen LogP contribution in [0.4, 0.5) is 0 Å². The molecule has 4 nitrogen and oxygen atoms in total. The Hall–Kier alpha value is -4.05. The lowest BCUT2D eigenvalue weighted by atomic mass is 10.0. The third-order valence-electron chi connectivity index (χ3n) is 4.79. The third kappa shape index (κ3) is 4.18. The van der Waals surface area contributed by atoms with Crippen LogP contribution >= 0.6 is 0 Å². The van der Waals surface area contributed by atoms with Gasteiger partial charge in [-0.1, -0.05) is 48.6 Å². The standard InChI is InChI=1S/C26H21NO3/c1-30-20-14-12-18(13-15-20)10-11-19-16-23(21-6-2-4-8-25(21)28)27-24(17-19)22-7-3-5-9-26(22)29/h2-17,28-29H,1H3/b11-10+. The maximum atomic E-state index is 10.3. The van der Waals surface area contributed by atoms with Crippen molar-refractivity contribution in [2.24, 2.45) is 0 Å². The summed E-state index contributed by atoms with van der Waals surface area (Å²) in [6.07, 6.45) is 3.98. The van der Waals surface area contributed by atoms with Gasteiger partial charge in [0, 0.05) is 11.1 Å². The van der Waals surface area contributed by atoms with Gasteiger partial charge in [-0.15, -0.1) is 0 Å². The normalized spacial score (nSPS) is 11.0. The molecule has 4 heteroatoms. The van der Waals surface area contributed by atoms with E-state index in [-0.39, 0.29) is 11.5 Å². The topological polar surface area (TPSA) is 62.6 Å². The Labute approximate surface area is 175 Å². The number of ether oxygens (including phenoxy) is 1. The smallest absolute Gasteiger partial charge is 0.124 e. The number of para-hydroxylation sites is 2. The zero-order valence-electron chi connectivity index (χ0n) is 16.5. The quantitative estimate of drug-likeness (QED) is 0.435. The minimum Gasteiger partial charge on any atom is -0.507 e. The van der Waals surface area contributed by atoms with Gasteiger partial charge < -0.3 is 14.9 Å². The van der Waals surface area contributed by atoms with E-state index in [1.807, 2.05) is 72.8 Å². The minimum absolute atomic E-state index is 0.157. The van der Waals surface area contributed by atoms with Gasteiger partial charge >= 0.3 is 0 Å². The molecule has 0 atom stereocenters. The number of aromatic nitrogens is 1. The number of hydrogen-bond acceptors (Lipinski definition) is 4. The maximum Gasteiger partial charge on any atom is 0.124 e. The van der Waals surface area contributed by atoms with E-state index in [1.54, 1.807) is 31.4 Å². The van der Waals surface area contributed by atoms with E-state index in [4.69, 9.17) is 9.72 Å². The predicted octanol–water partition coefficient (Wildman–Crippen LogP) is 6.01. The van der Waals surface area contributed by atoms with Crippen molar-refractivity contribution in [3.8, 4) is 39.8 Å². The van der Waals surface area contributed by atoms with E-state index in [0.717, 1.165) is 16.9 Å². The van der Waals surface area contributed by atoms with Crippen LogP contribution in [0.25, 0.3) is 34.7 Å². The molecule has 0 aliphatic heterocycles. The molecule has 0 radical (unpaired) electrons. The molecule has 4 rings (SSSR count). The van der Waals surface area contributed by atoms with E-state index < -0.39 is 0 Å². The Balaban J connectivity index is 1.80. The molecule has 0 saturated carbocycles. The van der Waals surface area contributed by atoms with Crippen LogP contribution in [0.2, 0.25) is 0 Å². The summed E-state index contributed by atoms with van der Waals surface area (Å²) >= 11 is 0. The first-order valence-corrected chi connectivity index (χ1v) is 9.55. The zero-order valence-corrected chi connectivity index (χ0v) is 16.5. The number of phenolic OH excluding ortho intramolecular Hbond substituents is 2. The highest BCUT2D eigenvalue weighted by Crippen LogP contribution is 2.33. The second-order valence-corrected chi connectivity index (χ2v) is 6.81. The van der Waals surface area contributed by atoms with Gasteiger partial charge in [-0.05, 0) is 59.7 Å². The first-order chi connectivity index (χ1) is 14.6. The number of rotatable bonds is 5. The van der Waals surface area contributed by atoms with Crippen molar-refractivity contribution in [3.05, 3.63) is 96.1 Å². The van der Waals surface area contributed by atoms with Gasteiger partial charge in [0.15, 0.2) is 0 Å². The van der Waals surface area contributed by atoms with Crippen molar-refractivity contribution in [3.63, 3.8) is 0 Å². The lowest BCUT2D eigenvalue weighted by Gasteiger charge is -2.10. The van der Waals surface area contributed by atoms with E-state index in [2.05, 4.69) is 0 Å². The van der Waals surface area contributed by atoms with Gasteiger partial charge in [-0.2, -0.15) is 0 Å². The fourth-order valence-corrected chi connectivity index (χ4v) is 3.21. The molecule has 0 bridgehead atoms. The molecule has 3 aromatic carbocycles. The van der Waals surface area contributed by atoms with Crippen molar-refractivity contribution < 1.29 is 14.9 Å². The van der Waals surface area contributed by atoms with Gasteiger partial charge in [-0.25, -0.2) is 4.98 Å². The van der Waals surface area contributed by atoms with E-state index in [0.29, 0.717) is 22.5 Å². The first-order valence-electron chi connectivity index (χ1n) is 9.55. The summed E-state index contributed by atoms with van der Waals surface area (Å²) in [5, 5.41) is 20.6. The van der Waals surface area contributed by atoms with Gasteiger partial charge in [0.25, 0.3) is 0 Å². The Morgan fingerprint density at radius 1 is 0.667 bits per heavy atom. The highest BCUT2D eigenvalue weighted by Gasteiger charge is 2.11. The minimum atomic E-state index is 0.157. The van der Waals surface area contributed by atoms with E-state index in [1.165, 1.54) is 0 Å². The van der Waals surface area contributed by atoms with Crippen molar-refractivity contribution >= 4 is 12.2 Å². The van der Waals surface area contributed by atoms with Gasteiger partial charge in [0.2, 0.25) is 0 Å². The summed E-state index contributed by atoms with van der Waals surface area (Å²) in [5.74, 6) is 1.12. The van der Waals surface area contributed by atoms with Crippen LogP contribution in [-0.4, -0.2) is 22.3 Å². The van der Waals surface area contributed by atoms with Crippen LogP contribution in [0.5, 0.6) is 17.2 Å². The summed E-state index contributed by atoms with van der Waals surface area (Å²) in [7, 11) is 1.64. The zero-order chi connectivity index (χ0) is 20.9. The van der Waals surface area contributed by atoms with Gasteiger partial charge in [0.05, 0.1) is 18.5 Å². The van der Waals surface area contributed by atoms with Crippen LogP contribution in [-0.2, 0) is 0 Å². The molecule has 148 valence electrons. The van der Waals surface area contributed by atoms with E-state index in [9.17, 15) is 10.2 Å². The highest BCUT2D eigenvalue weighted by molar-refractivity contribution is 5.79. The maximum absolute atomic E-state index is 10.3. The van der Waals surface area contributed by atoms with Crippen LogP contribution in [0, 0.1) is 0 Å². The molecule has 0 fully saturated rings. The molecule has 4 aromatic rings. The second kappa shape index (κ2) is 8.53. The fraction of sp³-hybridized carbons (Fsp3) is 0.0385. The monoisotopic (exact) mass is 395 g/mol. The number of aromatic hydroxyl groups is 2. The largest absolute Gasteiger partial charge is 0.507 e. The number of pyridine rings is 1. The van der Waals surface area contributed by atoms with Crippen LogP contribution in [0.3, 0.4) is 0 Å².